The quantitative estimate of drug-likeness (QED) is 0.422. The van der Waals surface area contributed by atoms with Gasteiger partial charge in [0.1, 0.15) is 16.3 Å². The van der Waals surface area contributed by atoms with Crippen LogP contribution in [0, 0.1) is 15.5 Å². The molecule has 3 rings (SSSR count). The summed E-state index contributed by atoms with van der Waals surface area (Å²) in [6.07, 6.45) is 6.73. The Labute approximate surface area is 137 Å². The molecule has 1 spiro atoms. The number of nitro groups is 1. The molecule has 2 fully saturated rings. The Morgan fingerprint density at radius 3 is 2.67 bits per heavy atom. The molecule has 0 saturated heterocycles. The van der Waals surface area contributed by atoms with Gasteiger partial charge in [-0.1, -0.05) is 25.3 Å². The van der Waals surface area contributed by atoms with E-state index in [-0.39, 0.29) is 22.6 Å². The van der Waals surface area contributed by atoms with Crippen LogP contribution in [0.1, 0.15) is 38.5 Å². The average molecular weight is 375 g/mol. The van der Waals surface area contributed by atoms with Crippen LogP contribution in [-0.2, 0) is 0 Å². The van der Waals surface area contributed by atoms with Crippen molar-refractivity contribution in [1.29, 1.82) is 0 Å². The second-order valence-corrected chi connectivity index (χ2v) is 7.27. The highest BCUT2D eigenvalue weighted by Crippen LogP contribution is 2.56. The first-order chi connectivity index (χ1) is 10.0. The van der Waals surface area contributed by atoms with Gasteiger partial charge in [0.15, 0.2) is 0 Å². The van der Waals surface area contributed by atoms with Gasteiger partial charge in [0.2, 0.25) is 0 Å². The summed E-state index contributed by atoms with van der Waals surface area (Å²) in [6.45, 7) is 0. The van der Waals surface area contributed by atoms with Crippen LogP contribution >= 0.6 is 27.5 Å². The summed E-state index contributed by atoms with van der Waals surface area (Å²) in [6, 6.07) is 4.90. The predicted octanol–water partition coefficient (Wildman–Crippen LogP) is 5.07. The van der Waals surface area contributed by atoms with E-state index in [9.17, 15) is 10.1 Å². The van der Waals surface area contributed by atoms with Gasteiger partial charge < -0.3 is 4.74 Å². The lowest BCUT2D eigenvalue weighted by Crippen LogP contribution is -2.58. The van der Waals surface area contributed by atoms with Gasteiger partial charge in [0, 0.05) is 23.3 Å². The third-order valence-corrected chi connectivity index (χ3v) is 6.29. The van der Waals surface area contributed by atoms with Crippen LogP contribution in [0.25, 0.3) is 0 Å². The number of nitrogens with zero attached hydrogens (tertiary/aromatic N) is 1. The first-order valence-corrected chi connectivity index (χ1v) is 8.51. The van der Waals surface area contributed by atoms with Crippen molar-refractivity contribution in [2.75, 3.05) is 0 Å². The Morgan fingerprint density at radius 1 is 1.33 bits per heavy atom. The van der Waals surface area contributed by atoms with Crippen molar-refractivity contribution in [1.82, 2.24) is 0 Å². The fourth-order valence-corrected chi connectivity index (χ4v) is 4.62. The van der Waals surface area contributed by atoms with E-state index < -0.39 is 4.92 Å². The van der Waals surface area contributed by atoms with Crippen LogP contribution in [0.5, 0.6) is 5.75 Å². The minimum Gasteiger partial charge on any atom is -0.488 e. The molecule has 0 heterocycles. The zero-order chi connectivity index (χ0) is 15.0. The van der Waals surface area contributed by atoms with Crippen LogP contribution in [0.4, 0.5) is 5.69 Å². The van der Waals surface area contributed by atoms with E-state index in [1.54, 1.807) is 12.1 Å². The SMILES string of the molecule is O=[N+]([O-])c1cccc(OC2CC(Cl)C23CCCCC3)c1Br. The van der Waals surface area contributed by atoms with Crippen molar-refractivity contribution in [3.63, 3.8) is 0 Å². The maximum absolute atomic E-state index is 11.0. The Kier molecular flexibility index (Phi) is 4.14. The molecule has 2 saturated carbocycles. The highest BCUT2D eigenvalue weighted by molar-refractivity contribution is 9.10. The lowest BCUT2D eigenvalue weighted by molar-refractivity contribution is -0.385. The topological polar surface area (TPSA) is 52.4 Å². The van der Waals surface area contributed by atoms with Crippen LogP contribution in [0.15, 0.2) is 22.7 Å². The third kappa shape index (κ3) is 2.55. The van der Waals surface area contributed by atoms with Gasteiger partial charge in [-0.2, -0.15) is 0 Å². The lowest BCUT2D eigenvalue weighted by atomic mass is 9.58. The number of hydrogen-bond donors (Lipinski definition) is 0. The van der Waals surface area contributed by atoms with Crippen LogP contribution < -0.4 is 4.74 Å². The summed E-state index contributed by atoms with van der Waals surface area (Å²) in [4.78, 5) is 10.6. The van der Waals surface area contributed by atoms with E-state index in [1.165, 1.54) is 25.3 Å². The molecule has 21 heavy (non-hydrogen) atoms. The number of nitro benzene ring substituents is 1. The summed E-state index contributed by atoms with van der Waals surface area (Å²) in [5, 5.41) is 11.2. The maximum Gasteiger partial charge on any atom is 0.287 e. The number of ether oxygens (including phenoxy) is 1. The zero-order valence-corrected chi connectivity index (χ0v) is 13.9. The molecule has 1 aromatic carbocycles. The highest BCUT2D eigenvalue weighted by Gasteiger charge is 2.56. The average Bonchev–Trinajstić information content (AvgIpc) is 2.49. The molecule has 2 aliphatic carbocycles. The van der Waals surface area contributed by atoms with Crippen LogP contribution in [0.3, 0.4) is 0 Å². The third-order valence-electron chi connectivity index (χ3n) is 4.88. The molecule has 0 N–H and O–H groups in total. The van der Waals surface area contributed by atoms with Gasteiger partial charge in [-0.05, 0) is 34.8 Å². The highest BCUT2D eigenvalue weighted by atomic mass is 79.9. The summed E-state index contributed by atoms with van der Waals surface area (Å²) in [5.41, 5.74) is 0.0936. The van der Waals surface area contributed by atoms with Crippen LogP contribution in [-0.4, -0.2) is 16.4 Å². The van der Waals surface area contributed by atoms with E-state index in [0.29, 0.717) is 10.2 Å². The van der Waals surface area contributed by atoms with E-state index in [2.05, 4.69) is 15.9 Å². The summed E-state index contributed by atoms with van der Waals surface area (Å²) >= 11 is 9.76. The molecule has 0 bridgehead atoms. The predicted molar refractivity (Wildman–Crippen MR) is 85.0 cm³/mol. The molecule has 2 atom stereocenters. The van der Waals surface area contributed by atoms with Crippen molar-refractivity contribution >= 4 is 33.2 Å². The molecular weight excluding hydrogens is 358 g/mol. The minimum absolute atomic E-state index is 0.0342. The second-order valence-electron chi connectivity index (χ2n) is 5.95. The maximum atomic E-state index is 11.0. The van der Waals surface area contributed by atoms with Gasteiger partial charge >= 0.3 is 0 Å². The molecule has 6 heteroatoms. The monoisotopic (exact) mass is 373 g/mol. The molecule has 2 aliphatic rings. The van der Waals surface area contributed by atoms with Crippen molar-refractivity contribution < 1.29 is 9.66 Å². The largest absolute Gasteiger partial charge is 0.488 e. The molecule has 0 amide bonds. The lowest BCUT2D eigenvalue weighted by Gasteiger charge is -2.55. The number of rotatable bonds is 3. The molecule has 1 aromatic rings. The van der Waals surface area contributed by atoms with E-state index in [4.69, 9.17) is 16.3 Å². The molecule has 4 nitrogen and oxygen atoms in total. The number of benzene rings is 1. The summed E-state index contributed by atoms with van der Waals surface area (Å²) in [5.74, 6) is 0.544. The number of hydrogen-bond acceptors (Lipinski definition) is 3. The fraction of sp³-hybridized carbons (Fsp3) is 0.600. The van der Waals surface area contributed by atoms with E-state index >= 15 is 0 Å². The molecule has 0 aliphatic heterocycles. The normalized spacial score (nSPS) is 27.1. The fourth-order valence-electron chi connectivity index (χ4n) is 3.59. The van der Waals surface area contributed by atoms with Crippen molar-refractivity contribution in [3.05, 3.63) is 32.8 Å². The van der Waals surface area contributed by atoms with Crippen molar-refractivity contribution in [2.45, 2.75) is 50.0 Å². The Hall–Kier alpha value is -0.810. The summed E-state index contributed by atoms with van der Waals surface area (Å²) in [7, 11) is 0. The Morgan fingerprint density at radius 2 is 2.05 bits per heavy atom. The number of halogens is 2. The van der Waals surface area contributed by atoms with Gasteiger partial charge in [-0.15, -0.1) is 11.6 Å². The first-order valence-electron chi connectivity index (χ1n) is 7.28. The zero-order valence-electron chi connectivity index (χ0n) is 11.6. The van der Waals surface area contributed by atoms with Gasteiger partial charge in [0.25, 0.3) is 5.69 Å². The number of alkyl halides is 1. The smallest absolute Gasteiger partial charge is 0.287 e. The summed E-state index contributed by atoms with van der Waals surface area (Å²) < 4.78 is 6.52. The molecule has 2 unspecified atom stereocenters. The van der Waals surface area contributed by atoms with Gasteiger partial charge in [-0.25, -0.2) is 0 Å². The Balaban J connectivity index is 1.81. The van der Waals surface area contributed by atoms with Gasteiger partial charge in [0.05, 0.1) is 4.92 Å². The Bertz CT molecular complexity index is 560. The molecule has 0 radical (unpaired) electrons. The van der Waals surface area contributed by atoms with E-state index in [0.717, 1.165) is 19.3 Å². The molecule has 114 valence electrons. The van der Waals surface area contributed by atoms with Crippen molar-refractivity contribution in [2.24, 2.45) is 5.41 Å². The standard InChI is InChI=1S/C15H17BrClNO3/c16-14-10(18(19)20)5-4-6-11(14)21-13-9-12(17)15(13)7-2-1-3-8-15/h4-6,12-13H,1-3,7-9H2. The minimum atomic E-state index is -0.404. The van der Waals surface area contributed by atoms with Crippen molar-refractivity contribution in [3.8, 4) is 5.75 Å². The van der Waals surface area contributed by atoms with E-state index in [1.807, 2.05) is 0 Å². The second kappa shape index (κ2) is 5.76. The van der Waals surface area contributed by atoms with Crippen LogP contribution in [0.2, 0.25) is 0 Å². The molecule has 0 aromatic heterocycles. The molecular formula is C15H17BrClNO3. The first kappa shape index (κ1) is 15.1. The van der Waals surface area contributed by atoms with Gasteiger partial charge in [-0.3, -0.25) is 10.1 Å².